The number of amides is 4. The van der Waals surface area contributed by atoms with Crippen LogP contribution in [0.25, 0.3) is 10.8 Å². The number of nitrogens with one attached hydrogen (secondary N) is 2. The lowest BCUT2D eigenvalue weighted by Gasteiger charge is -2.29. The number of anilines is 1. The van der Waals surface area contributed by atoms with Gasteiger partial charge in [-0.15, -0.1) is 0 Å². The summed E-state index contributed by atoms with van der Waals surface area (Å²) >= 11 is 0. The average molecular weight is 803 g/mol. The standard InChI is InChI=1S/C42H55N7O9/c1-48(2)34-17-16-31-38-29(34)10-6-11-30(38)40(55)49(41(31)56)23-20-27(39(54)46-22-19-33(42(57)58)47-36(51)12-7-13-37(52)53)24-35(50)32(44)18-21-45-25-28(43)15-14-26-8-4-3-5-9-26/h3-6,8-11,16-17,27-28,32-33,45H,7,12-15,18-25,43-44H2,1-2H3,(H,46,54)(H,47,51)(H,52,53)(H,57,58)/p+1/t27-,28-,32-,33+/m0/s1. The van der Waals surface area contributed by atoms with Crippen molar-refractivity contribution < 1.29 is 60.6 Å². The number of quaternary nitrogens is 3. The Morgan fingerprint density at radius 2 is 1.55 bits per heavy atom. The summed E-state index contributed by atoms with van der Waals surface area (Å²) in [6.07, 6.45) is 1.09. The van der Waals surface area contributed by atoms with E-state index in [-0.39, 0.29) is 63.4 Å². The van der Waals surface area contributed by atoms with Gasteiger partial charge in [-0.1, -0.05) is 42.5 Å². The van der Waals surface area contributed by atoms with Gasteiger partial charge in [0.2, 0.25) is 11.8 Å². The number of hydrogen-bond acceptors (Lipinski definition) is 10. The van der Waals surface area contributed by atoms with Gasteiger partial charge in [-0.25, -0.2) is 0 Å². The molecule has 0 radical (unpaired) electrons. The Morgan fingerprint density at radius 3 is 2.22 bits per heavy atom. The lowest BCUT2D eigenvalue weighted by molar-refractivity contribution is -0.683. The van der Waals surface area contributed by atoms with Crippen LogP contribution in [0.3, 0.4) is 0 Å². The average Bonchev–Trinajstić information content (AvgIpc) is 3.19. The largest absolute Gasteiger partial charge is 0.550 e. The van der Waals surface area contributed by atoms with Crippen molar-refractivity contribution in [2.45, 2.75) is 75.9 Å². The van der Waals surface area contributed by atoms with E-state index in [1.165, 1.54) is 5.56 Å². The third-order valence-electron chi connectivity index (χ3n) is 10.5. The van der Waals surface area contributed by atoms with Crippen molar-refractivity contribution in [2.75, 3.05) is 45.2 Å². The second kappa shape index (κ2) is 21.7. The minimum Gasteiger partial charge on any atom is -0.550 e. The highest BCUT2D eigenvalue weighted by Crippen LogP contribution is 2.35. The van der Waals surface area contributed by atoms with Crippen LogP contribution in [0.2, 0.25) is 0 Å². The molecule has 16 heteroatoms. The highest BCUT2D eigenvalue weighted by Gasteiger charge is 2.35. The number of aliphatic carboxylic acids is 2. The first-order valence-electron chi connectivity index (χ1n) is 19.8. The summed E-state index contributed by atoms with van der Waals surface area (Å²) in [5.74, 6) is -6.55. The maximum Gasteiger partial charge on any atom is 0.261 e. The molecule has 4 rings (SSSR count). The van der Waals surface area contributed by atoms with Crippen molar-refractivity contribution >= 4 is 57.8 Å². The molecule has 16 nitrogen and oxygen atoms in total. The summed E-state index contributed by atoms with van der Waals surface area (Å²) in [7, 11) is 3.74. The minimum absolute atomic E-state index is 0.0450. The van der Waals surface area contributed by atoms with Crippen LogP contribution in [0, 0.1) is 5.92 Å². The van der Waals surface area contributed by atoms with Crippen molar-refractivity contribution in [3.63, 3.8) is 0 Å². The van der Waals surface area contributed by atoms with E-state index >= 15 is 0 Å². The normalized spacial score (nSPS) is 14.4. The zero-order chi connectivity index (χ0) is 42.4. The van der Waals surface area contributed by atoms with Crippen LogP contribution in [-0.4, -0.2) is 105 Å². The van der Waals surface area contributed by atoms with Crippen molar-refractivity contribution in [1.29, 1.82) is 0 Å². The summed E-state index contributed by atoms with van der Waals surface area (Å²) in [6.45, 7) is 1.01. The molecule has 1 aliphatic rings. The van der Waals surface area contributed by atoms with Crippen LogP contribution in [-0.2, 0) is 30.4 Å². The van der Waals surface area contributed by atoms with E-state index in [2.05, 4.69) is 39.6 Å². The van der Waals surface area contributed by atoms with Gasteiger partial charge in [0.1, 0.15) is 18.6 Å². The number of imide groups is 1. The van der Waals surface area contributed by atoms with Crippen LogP contribution in [0.4, 0.5) is 5.69 Å². The minimum atomic E-state index is -1.59. The van der Waals surface area contributed by atoms with Gasteiger partial charge in [0.05, 0.1) is 25.0 Å². The van der Waals surface area contributed by atoms with Gasteiger partial charge < -0.3 is 52.1 Å². The Morgan fingerprint density at radius 1 is 0.845 bits per heavy atom. The van der Waals surface area contributed by atoms with E-state index in [4.69, 9.17) is 0 Å². The van der Waals surface area contributed by atoms with Crippen molar-refractivity contribution in [3.05, 3.63) is 77.4 Å². The smallest absolute Gasteiger partial charge is 0.261 e. The molecule has 1 heterocycles. The Balaban J connectivity index is 1.39. The molecule has 312 valence electrons. The van der Waals surface area contributed by atoms with Gasteiger partial charge in [-0.3, -0.25) is 28.9 Å². The number of Topliss-reactive ketones (excluding diaryl/α,β-unsaturated/α-hetero) is 1. The number of carboxylic acid groups (broad SMARTS) is 2. The van der Waals surface area contributed by atoms with Crippen LogP contribution >= 0.6 is 0 Å². The van der Waals surface area contributed by atoms with Crippen molar-refractivity contribution in [1.82, 2.24) is 15.5 Å². The lowest BCUT2D eigenvalue weighted by Crippen LogP contribution is -2.91. The second-order valence-corrected chi connectivity index (χ2v) is 15.1. The van der Waals surface area contributed by atoms with Crippen LogP contribution in [0.5, 0.6) is 0 Å². The zero-order valence-electron chi connectivity index (χ0n) is 33.3. The number of carbonyl (C=O) groups is 7. The fraction of sp³-hybridized carbons (Fsp3) is 0.452. The number of carbonyl (C=O) groups excluding carboxylic acids is 7. The van der Waals surface area contributed by atoms with Crippen LogP contribution in [0.1, 0.15) is 77.6 Å². The molecule has 0 saturated carbocycles. The monoisotopic (exact) mass is 802 g/mol. The van der Waals surface area contributed by atoms with Crippen LogP contribution in [0.15, 0.2) is 60.7 Å². The predicted octanol–water partition coefficient (Wildman–Crippen LogP) is -3.06. The Bertz CT molecular complexity index is 1930. The highest BCUT2D eigenvalue weighted by molar-refractivity contribution is 6.26. The number of rotatable bonds is 25. The summed E-state index contributed by atoms with van der Waals surface area (Å²) in [6, 6.07) is 17.0. The molecule has 4 atom stereocenters. The van der Waals surface area contributed by atoms with Gasteiger partial charge in [0.15, 0.2) is 5.78 Å². The van der Waals surface area contributed by atoms with Crippen molar-refractivity contribution in [2.24, 2.45) is 5.92 Å². The second-order valence-electron chi connectivity index (χ2n) is 15.1. The van der Waals surface area contributed by atoms with E-state index in [1.807, 2.05) is 49.3 Å². The van der Waals surface area contributed by atoms with E-state index in [0.717, 1.165) is 35.4 Å². The number of carboxylic acids is 2. The number of benzene rings is 3. The number of ketones is 1. The topological polar surface area (TPSA) is 268 Å². The van der Waals surface area contributed by atoms with Crippen molar-refractivity contribution in [3.8, 4) is 0 Å². The number of hydrogen-bond donors (Lipinski definition) is 5. The van der Waals surface area contributed by atoms with Gasteiger partial charge in [0.25, 0.3) is 11.8 Å². The molecule has 0 aromatic heterocycles. The Kier molecular flexibility index (Phi) is 16.8. The van der Waals surface area contributed by atoms with Gasteiger partial charge >= 0.3 is 0 Å². The lowest BCUT2D eigenvalue weighted by atomic mass is 9.91. The molecule has 0 aliphatic carbocycles. The molecule has 10 N–H and O–H groups in total. The van der Waals surface area contributed by atoms with Gasteiger partial charge in [-0.2, -0.15) is 0 Å². The molecule has 0 unspecified atom stereocenters. The highest BCUT2D eigenvalue weighted by atomic mass is 16.4. The molecule has 3 aromatic rings. The quantitative estimate of drug-likeness (QED) is 0.0426. The first-order chi connectivity index (χ1) is 27.7. The van der Waals surface area contributed by atoms with E-state index in [9.17, 15) is 43.8 Å². The van der Waals surface area contributed by atoms with Gasteiger partial charge in [-0.05, 0) is 55.9 Å². The summed E-state index contributed by atoms with van der Waals surface area (Å²) < 4.78 is 0. The van der Waals surface area contributed by atoms with E-state index < -0.39 is 53.6 Å². The molecule has 3 aromatic carbocycles. The summed E-state index contributed by atoms with van der Waals surface area (Å²) in [5, 5.41) is 30.7. The maximum atomic E-state index is 13.8. The summed E-state index contributed by atoms with van der Waals surface area (Å²) in [4.78, 5) is 92.4. The maximum absolute atomic E-state index is 13.8. The third kappa shape index (κ3) is 12.6. The Hall–Kier alpha value is -5.71. The fourth-order valence-electron chi connectivity index (χ4n) is 7.10. The van der Waals surface area contributed by atoms with Crippen LogP contribution < -0.4 is 42.5 Å². The number of nitrogens with zero attached hydrogens (tertiary/aromatic N) is 2. The molecule has 0 spiro atoms. The van der Waals surface area contributed by atoms with E-state index in [0.29, 0.717) is 29.5 Å². The number of nitrogens with two attached hydrogens (primary N) is 1. The molecule has 1 aliphatic heterocycles. The third-order valence-corrected chi connectivity index (χ3v) is 10.5. The first kappa shape index (κ1) is 45.0. The Labute approximate surface area is 337 Å². The molecular weight excluding hydrogens is 747 g/mol. The zero-order valence-corrected chi connectivity index (χ0v) is 33.3. The molecule has 4 amide bonds. The molecular formula is C42H56N7O9+. The SMILES string of the molecule is CN(C)c1ccc2c3c(cccc13)C(=O)N(CC[C@@H](CC(=O)[C@@H]([NH3+])CC[NH2+]C[C@@H]([NH3+])CCc1ccccc1)C(=O)NCC[C@@H](NC(=O)CCCC(=O)[O-])C(=O)[O-])C2=O. The van der Waals surface area contributed by atoms with E-state index in [1.54, 1.807) is 18.2 Å². The molecule has 0 saturated heterocycles. The molecule has 0 bridgehead atoms. The molecule has 58 heavy (non-hydrogen) atoms. The number of aryl methyl sites for hydroxylation is 1. The summed E-state index contributed by atoms with van der Waals surface area (Å²) in [5.41, 5.74) is 11.1. The first-order valence-corrected chi connectivity index (χ1v) is 19.8. The van der Waals surface area contributed by atoms with Gasteiger partial charge in [0, 0.05) is 85.9 Å². The fourth-order valence-corrected chi connectivity index (χ4v) is 7.10. The molecule has 0 fully saturated rings. The predicted molar refractivity (Wildman–Crippen MR) is 209 cm³/mol.